The molecule has 0 aliphatic heterocycles. The zero-order valence-electron chi connectivity index (χ0n) is 11.9. The van der Waals surface area contributed by atoms with Gasteiger partial charge in [-0.05, 0) is 12.8 Å². The fourth-order valence-corrected chi connectivity index (χ4v) is 1.92. The van der Waals surface area contributed by atoms with Crippen molar-refractivity contribution >= 4 is 12.0 Å². The van der Waals surface area contributed by atoms with Crippen LogP contribution in [0.15, 0.2) is 12.4 Å². The summed E-state index contributed by atoms with van der Waals surface area (Å²) in [5, 5.41) is 14.6. The number of carbonyl (C=O) groups excluding carboxylic acids is 1. The number of imidazole rings is 1. The number of H-pyrrole nitrogens is 1. The molecule has 0 saturated heterocycles. The molecular formula is C13H22N4O3. The second kappa shape index (κ2) is 7.52. The number of aromatic amines is 1. The second-order valence-electron chi connectivity index (χ2n) is 4.69. The molecule has 7 nitrogen and oxygen atoms in total. The van der Waals surface area contributed by atoms with Gasteiger partial charge in [-0.15, -0.1) is 0 Å². The number of urea groups is 1. The molecule has 7 heteroatoms. The molecule has 0 aliphatic carbocycles. The third-order valence-electron chi connectivity index (χ3n) is 3.60. The first-order valence-corrected chi connectivity index (χ1v) is 6.77. The van der Waals surface area contributed by atoms with Crippen LogP contribution in [-0.2, 0) is 11.2 Å². The van der Waals surface area contributed by atoms with Crippen molar-refractivity contribution in [1.29, 1.82) is 0 Å². The average Bonchev–Trinajstić information content (AvgIpc) is 2.93. The predicted octanol–water partition coefficient (Wildman–Crippen LogP) is 1.14. The zero-order chi connectivity index (χ0) is 15.0. The van der Waals surface area contributed by atoms with E-state index in [2.05, 4.69) is 20.6 Å². The van der Waals surface area contributed by atoms with Crippen LogP contribution in [-0.4, -0.2) is 40.2 Å². The summed E-state index contributed by atoms with van der Waals surface area (Å²) in [6.45, 7) is 4.20. The summed E-state index contributed by atoms with van der Waals surface area (Å²) in [5.74, 6) is -0.0781. The van der Waals surface area contributed by atoms with Gasteiger partial charge in [0.2, 0.25) is 0 Å². The Kier molecular flexibility index (Phi) is 6.02. The molecule has 0 spiro atoms. The summed E-state index contributed by atoms with van der Waals surface area (Å²) < 4.78 is 0. The molecule has 1 aromatic heterocycles. The van der Waals surface area contributed by atoms with Gasteiger partial charge >= 0.3 is 12.0 Å². The number of nitrogens with zero attached hydrogens (tertiary/aromatic N) is 1. The van der Waals surface area contributed by atoms with E-state index in [-0.39, 0.29) is 12.6 Å². The van der Waals surface area contributed by atoms with Crippen LogP contribution in [0, 0.1) is 5.41 Å². The van der Waals surface area contributed by atoms with Gasteiger partial charge in [0.1, 0.15) is 5.82 Å². The summed E-state index contributed by atoms with van der Waals surface area (Å²) in [7, 11) is 0. The predicted molar refractivity (Wildman–Crippen MR) is 74.3 cm³/mol. The van der Waals surface area contributed by atoms with E-state index in [0.29, 0.717) is 25.8 Å². The van der Waals surface area contributed by atoms with Crippen molar-refractivity contribution in [1.82, 2.24) is 20.6 Å². The molecule has 0 atom stereocenters. The lowest BCUT2D eigenvalue weighted by molar-refractivity contribution is -0.149. The Morgan fingerprint density at radius 1 is 1.35 bits per heavy atom. The number of aliphatic carboxylic acids is 1. The van der Waals surface area contributed by atoms with Crippen LogP contribution in [0.3, 0.4) is 0 Å². The van der Waals surface area contributed by atoms with Crippen LogP contribution in [0.2, 0.25) is 0 Å². The number of rotatable bonds is 8. The third-order valence-corrected chi connectivity index (χ3v) is 3.60. The minimum absolute atomic E-state index is 0.127. The molecule has 2 amide bonds. The normalized spacial score (nSPS) is 11.1. The van der Waals surface area contributed by atoms with E-state index in [9.17, 15) is 14.7 Å². The number of amides is 2. The van der Waals surface area contributed by atoms with Crippen LogP contribution >= 0.6 is 0 Å². The molecular weight excluding hydrogens is 260 g/mol. The molecule has 20 heavy (non-hydrogen) atoms. The van der Waals surface area contributed by atoms with Crippen molar-refractivity contribution in [3.63, 3.8) is 0 Å². The van der Waals surface area contributed by atoms with Gasteiger partial charge in [-0.2, -0.15) is 0 Å². The van der Waals surface area contributed by atoms with E-state index in [1.807, 2.05) is 13.8 Å². The molecule has 1 aromatic rings. The number of carboxylic acids is 1. The van der Waals surface area contributed by atoms with Crippen molar-refractivity contribution in [2.45, 2.75) is 33.1 Å². The summed E-state index contributed by atoms with van der Waals surface area (Å²) in [6.07, 6.45) is 4.93. The van der Waals surface area contributed by atoms with Crippen molar-refractivity contribution in [2.24, 2.45) is 5.41 Å². The van der Waals surface area contributed by atoms with Gasteiger partial charge in [0.05, 0.1) is 5.41 Å². The van der Waals surface area contributed by atoms with Crippen molar-refractivity contribution < 1.29 is 14.7 Å². The van der Waals surface area contributed by atoms with Crippen molar-refractivity contribution in [3.8, 4) is 0 Å². The zero-order valence-corrected chi connectivity index (χ0v) is 11.9. The Morgan fingerprint density at radius 2 is 2.05 bits per heavy atom. The summed E-state index contributed by atoms with van der Waals surface area (Å²) in [4.78, 5) is 29.9. The summed E-state index contributed by atoms with van der Waals surface area (Å²) in [6, 6.07) is -0.357. The summed E-state index contributed by atoms with van der Waals surface area (Å²) in [5.41, 5.74) is -0.891. The Balaban J connectivity index is 2.33. The van der Waals surface area contributed by atoms with Crippen molar-refractivity contribution in [2.75, 3.05) is 13.1 Å². The van der Waals surface area contributed by atoms with Crippen LogP contribution < -0.4 is 10.6 Å². The first kappa shape index (κ1) is 16.0. The number of hydrogen-bond donors (Lipinski definition) is 4. The molecule has 112 valence electrons. The highest BCUT2D eigenvalue weighted by Crippen LogP contribution is 2.25. The smallest absolute Gasteiger partial charge is 0.314 e. The van der Waals surface area contributed by atoms with Gasteiger partial charge in [0.15, 0.2) is 0 Å². The van der Waals surface area contributed by atoms with Gasteiger partial charge in [0, 0.05) is 31.9 Å². The highest BCUT2D eigenvalue weighted by molar-refractivity contribution is 5.78. The monoisotopic (exact) mass is 282 g/mol. The highest BCUT2D eigenvalue weighted by Gasteiger charge is 2.35. The average molecular weight is 282 g/mol. The molecule has 0 saturated carbocycles. The Hall–Kier alpha value is -2.05. The molecule has 0 fully saturated rings. The maximum Gasteiger partial charge on any atom is 0.314 e. The van der Waals surface area contributed by atoms with Crippen molar-refractivity contribution in [3.05, 3.63) is 18.2 Å². The van der Waals surface area contributed by atoms with Crippen LogP contribution in [0.25, 0.3) is 0 Å². The second-order valence-corrected chi connectivity index (χ2v) is 4.69. The van der Waals surface area contributed by atoms with Gasteiger partial charge in [-0.3, -0.25) is 4.79 Å². The largest absolute Gasteiger partial charge is 0.481 e. The van der Waals surface area contributed by atoms with Crippen LogP contribution in [0.1, 0.15) is 32.5 Å². The molecule has 0 unspecified atom stereocenters. The number of aromatic nitrogens is 2. The van der Waals surface area contributed by atoms with E-state index in [1.165, 1.54) is 0 Å². The van der Waals surface area contributed by atoms with Gasteiger partial charge in [-0.25, -0.2) is 9.78 Å². The Bertz CT molecular complexity index is 427. The molecule has 0 aliphatic rings. The lowest BCUT2D eigenvalue weighted by Crippen LogP contribution is -2.46. The number of carbonyl (C=O) groups is 2. The fraction of sp³-hybridized carbons (Fsp3) is 0.615. The van der Waals surface area contributed by atoms with Gasteiger partial charge < -0.3 is 20.7 Å². The minimum Gasteiger partial charge on any atom is -0.481 e. The standard InChI is InChI=1S/C13H22N4O3/c1-3-13(4-2,11(18)19)9-17-12(20)16-6-5-10-14-7-8-15-10/h7-8H,3-6,9H2,1-2H3,(H,14,15)(H,18,19)(H2,16,17,20). The highest BCUT2D eigenvalue weighted by atomic mass is 16.4. The molecule has 0 aromatic carbocycles. The van der Waals surface area contributed by atoms with E-state index >= 15 is 0 Å². The lowest BCUT2D eigenvalue weighted by Gasteiger charge is -2.26. The number of hydrogen-bond acceptors (Lipinski definition) is 3. The summed E-state index contributed by atoms with van der Waals surface area (Å²) >= 11 is 0. The van der Waals surface area contributed by atoms with E-state index < -0.39 is 11.4 Å². The quantitative estimate of drug-likeness (QED) is 0.573. The fourth-order valence-electron chi connectivity index (χ4n) is 1.92. The number of carboxylic acid groups (broad SMARTS) is 1. The SMILES string of the molecule is CCC(CC)(CNC(=O)NCCc1ncc[nH]1)C(=O)O. The van der Waals surface area contributed by atoms with Crippen LogP contribution in [0.4, 0.5) is 4.79 Å². The third kappa shape index (κ3) is 4.25. The molecule has 1 heterocycles. The minimum atomic E-state index is -0.891. The molecule has 0 bridgehead atoms. The number of nitrogens with one attached hydrogen (secondary N) is 3. The molecule has 1 rings (SSSR count). The van der Waals surface area contributed by atoms with Gasteiger partial charge in [-0.1, -0.05) is 13.8 Å². The first-order valence-electron chi connectivity index (χ1n) is 6.77. The van der Waals surface area contributed by atoms with Crippen LogP contribution in [0.5, 0.6) is 0 Å². The topological polar surface area (TPSA) is 107 Å². The first-order chi connectivity index (χ1) is 9.54. The van der Waals surface area contributed by atoms with Gasteiger partial charge in [0.25, 0.3) is 0 Å². The van der Waals surface area contributed by atoms with E-state index in [1.54, 1.807) is 12.4 Å². The maximum atomic E-state index is 11.6. The van der Waals surface area contributed by atoms with E-state index in [4.69, 9.17) is 0 Å². The Labute approximate surface area is 118 Å². The maximum absolute atomic E-state index is 11.6. The Morgan fingerprint density at radius 3 is 2.55 bits per heavy atom. The van der Waals surface area contributed by atoms with E-state index in [0.717, 1.165) is 5.82 Å². The lowest BCUT2D eigenvalue weighted by atomic mass is 9.82. The molecule has 0 radical (unpaired) electrons. The molecule has 4 N–H and O–H groups in total.